The lowest BCUT2D eigenvalue weighted by molar-refractivity contribution is 0.0695. The first-order valence-electron chi connectivity index (χ1n) is 10.5. The molecule has 1 aromatic heterocycles. The van der Waals surface area contributed by atoms with Gasteiger partial charge in [-0.05, 0) is 42.0 Å². The first kappa shape index (κ1) is 20.2. The second-order valence-electron chi connectivity index (χ2n) is 8.20. The lowest BCUT2D eigenvalue weighted by atomic mass is 10.1. The van der Waals surface area contributed by atoms with Crippen LogP contribution in [0.4, 0.5) is 10.1 Å². The normalized spacial score (nSPS) is 16.6. The van der Waals surface area contributed by atoms with Crippen molar-refractivity contribution >= 4 is 33.3 Å². The zero-order chi connectivity index (χ0) is 22.4. The van der Waals surface area contributed by atoms with Gasteiger partial charge in [-0.2, -0.15) is 0 Å². The van der Waals surface area contributed by atoms with Crippen LogP contribution in [-0.4, -0.2) is 41.3 Å². The zero-order valence-corrected chi connectivity index (χ0v) is 17.5. The molecule has 2 heterocycles. The minimum Gasteiger partial charge on any atom is -0.477 e. The Labute approximate surface area is 183 Å². The number of hydrogen-bond acceptors (Lipinski definition) is 4. The van der Waals surface area contributed by atoms with Crippen LogP contribution in [0.25, 0.3) is 27.4 Å². The highest BCUT2D eigenvalue weighted by Crippen LogP contribution is 2.29. The average molecular weight is 431 g/mol. The fourth-order valence-electron chi connectivity index (χ4n) is 4.42. The molecule has 162 valence electrons. The molecule has 1 unspecified atom stereocenters. The number of aromatic carboxylic acids is 1. The largest absolute Gasteiger partial charge is 0.477 e. The summed E-state index contributed by atoms with van der Waals surface area (Å²) in [6.45, 7) is 4.04. The number of piperazine rings is 1. The third-order valence-corrected chi connectivity index (χ3v) is 6.02. The second-order valence-corrected chi connectivity index (χ2v) is 8.20. The van der Waals surface area contributed by atoms with E-state index in [4.69, 9.17) is 0 Å². The number of rotatable bonds is 3. The zero-order valence-electron chi connectivity index (χ0n) is 17.5. The van der Waals surface area contributed by atoms with Crippen LogP contribution in [0.3, 0.4) is 0 Å². The summed E-state index contributed by atoms with van der Waals surface area (Å²) in [5.74, 6) is -1.87. The fraction of sp³-hybridized carbons (Fsp3) is 0.200. The molecular formula is C25H22FN3O3. The van der Waals surface area contributed by atoms with Gasteiger partial charge in [0.15, 0.2) is 0 Å². The Kier molecular flexibility index (Phi) is 4.90. The van der Waals surface area contributed by atoms with E-state index in [-0.39, 0.29) is 11.4 Å². The van der Waals surface area contributed by atoms with Crippen LogP contribution >= 0.6 is 0 Å². The highest BCUT2D eigenvalue weighted by atomic mass is 19.1. The molecule has 6 nitrogen and oxygen atoms in total. The number of carbonyl (C=O) groups is 1. The molecule has 0 bridgehead atoms. The van der Waals surface area contributed by atoms with Crippen LogP contribution < -0.4 is 15.6 Å². The Morgan fingerprint density at radius 1 is 1.12 bits per heavy atom. The summed E-state index contributed by atoms with van der Waals surface area (Å²) in [6, 6.07) is 16.6. The van der Waals surface area contributed by atoms with Gasteiger partial charge in [0.05, 0.1) is 11.2 Å². The van der Waals surface area contributed by atoms with Gasteiger partial charge in [0.25, 0.3) is 0 Å². The summed E-state index contributed by atoms with van der Waals surface area (Å²) in [5.41, 5.74) is 0.487. The van der Waals surface area contributed by atoms with Gasteiger partial charge in [-0.15, -0.1) is 0 Å². The van der Waals surface area contributed by atoms with Gasteiger partial charge in [0.1, 0.15) is 11.4 Å². The van der Waals surface area contributed by atoms with E-state index in [1.54, 1.807) is 10.6 Å². The van der Waals surface area contributed by atoms with E-state index in [0.717, 1.165) is 17.3 Å². The van der Waals surface area contributed by atoms with Crippen molar-refractivity contribution in [2.75, 3.05) is 24.5 Å². The maximum Gasteiger partial charge on any atom is 0.341 e. The van der Waals surface area contributed by atoms with Gasteiger partial charge in [0, 0.05) is 42.9 Å². The monoisotopic (exact) mass is 431 g/mol. The molecule has 4 aromatic rings. The molecule has 2 N–H and O–H groups in total. The van der Waals surface area contributed by atoms with Crippen molar-refractivity contribution in [2.45, 2.75) is 13.0 Å². The molecule has 1 aliphatic heterocycles. The molecule has 1 atom stereocenters. The SMILES string of the molecule is CC1CN(c2cc3c(cc2F)c(=O)c(C(=O)O)cn3-c2ccc3ccccc3c2)CCN1. The van der Waals surface area contributed by atoms with Crippen molar-refractivity contribution in [3.8, 4) is 5.69 Å². The summed E-state index contributed by atoms with van der Waals surface area (Å²) < 4.78 is 16.8. The number of fused-ring (bicyclic) bond motifs is 2. The molecule has 3 aromatic carbocycles. The summed E-state index contributed by atoms with van der Waals surface area (Å²) in [4.78, 5) is 26.6. The summed E-state index contributed by atoms with van der Waals surface area (Å²) in [6.07, 6.45) is 1.33. The van der Waals surface area contributed by atoms with Gasteiger partial charge in [-0.25, -0.2) is 9.18 Å². The number of anilines is 1. The number of nitrogens with one attached hydrogen (secondary N) is 1. The van der Waals surface area contributed by atoms with Crippen LogP contribution in [0.2, 0.25) is 0 Å². The Balaban J connectivity index is 1.79. The van der Waals surface area contributed by atoms with E-state index >= 15 is 4.39 Å². The van der Waals surface area contributed by atoms with Crippen LogP contribution in [0.1, 0.15) is 17.3 Å². The van der Waals surface area contributed by atoms with E-state index in [9.17, 15) is 14.7 Å². The molecule has 0 spiro atoms. The molecule has 32 heavy (non-hydrogen) atoms. The number of hydrogen-bond donors (Lipinski definition) is 2. The lowest BCUT2D eigenvalue weighted by Gasteiger charge is -2.34. The smallest absolute Gasteiger partial charge is 0.341 e. The first-order valence-corrected chi connectivity index (χ1v) is 10.5. The predicted octanol–water partition coefficient (Wildman–Crippen LogP) is 3.78. The third-order valence-electron chi connectivity index (χ3n) is 6.02. The standard InChI is InChI=1S/C25H22FN3O3/c1-15-13-28(9-8-27-15)23-12-22-19(11-21(23)26)24(30)20(25(31)32)14-29(22)18-7-6-16-4-2-3-5-17(16)10-18/h2-7,10-12,14-15,27H,8-9,13H2,1H3,(H,31,32). The van der Waals surface area contributed by atoms with Crippen molar-refractivity contribution < 1.29 is 14.3 Å². The van der Waals surface area contributed by atoms with Gasteiger partial charge < -0.3 is 19.9 Å². The number of carboxylic acids is 1. The molecular weight excluding hydrogens is 409 g/mol. The lowest BCUT2D eigenvalue weighted by Crippen LogP contribution is -2.49. The first-order chi connectivity index (χ1) is 15.4. The number of aromatic nitrogens is 1. The average Bonchev–Trinajstić information content (AvgIpc) is 2.79. The van der Waals surface area contributed by atoms with E-state index in [1.165, 1.54) is 12.3 Å². The maximum absolute atomic E-state index is 15.1. The van der Waals surface area contributed by atoms with Crippen LogP contribution in [-0.2, 0) is 0 Å². The quantitative estimate of drug-likeness (QED) is 0.517. The van der Waals surface area contributed by atoms with Crippen LogP contribution in [0, 0.1) is 5.82 Å². The van der Waals surface area contributed by atoms with Gasteiger partial charge in [-0.1, -0.05) is 30.3 Å². The van der Waals surface area contributed by atoms with Crippen molar-refractivity contribution in [3.05, 3.63) is 82.4 Å². The van der Waals surface area contributed by atoms with Crippen molar-refractivity contribution in [1.29, 1.82) is 0 Å². The van der Waals surface area contributed by atoms with Crippen molar-refractivity contribution in [3.63, 3.8) is 0 Å². The van der Waals surface area contributed by atoms with Crippen LogP contribution in [0.5, 0.6) is 0 Å². The van der Waals surface area contributed by atoms with E-state index in [2.05, 4.69) is 5.32 Å². The highest BCUT2D eigenvalue weighted by Gasteiger charge is 2.22. The maximum atomic E-state index is 15.1. The van der Waals surface area contributed by atoms with Crippen molar-refractivity contribution in [1.82, 2.24) is 9.88 Å². The van der Waals surface area contributed by atoms with Crippen molar-refractivity contribution in [2.24, 2.45) is 0 Å². The fourth-order valence-corrected chi connectivity index (χ4v) is 4.42. The molecule has 0 radical (unpaired) electrons. The second kappa shape index (κ2) is 7.76. The Bertz CT molecular complexity index is 1430. The number of pyridine rings is 1. The van der Waals surface area contributed by atoms with Gasteiger partial charge >= 0.3 is 5.97 Å². The molecule has 5 rings (SSSR count). The predicted molar refractivity (Wildman–Crippen MR) is 124 cm³/mol. The van der Waals surface area contributed by atoms with E-state index < -0.39 is 22.8 Å². The third kappa shape index (κ3) is 3.40. The Morgan fingerprint density at radius 3 is 2.66 bits per heavy atom. The molecule has 1 aliphatic rings. The number of halogens is 1. The minimum atomic E-state index is -1.34. The summed E-state index contributed by atoms with van der Waals surface area (Å²) in [7, 11) is 0. The molecule has 1 fully saturated rings. The molecule has 0 saturated carbocycles. The highest BCUT2D eigenvalue weighted by molar-refractivity contribution is 5.95. The summed E-state index contributed by atoms with van der Waals surface area (Å²) >= 11 is 0. The molecule has 7 heteroatoms. The van der Waals surface area contributed by atoms with E-state index in [0.29, 0.717) is 30.0 Å². The van der Waals surface area contributed by atoms with Crippen LogP contribution in [0.15, 0.2) is 65.6 Å². The number of nitrogens with zero attached hydrogens (tertiary/aromatic N) is 2. The van der Waals surface area contributed by atoms with Gasteiger partial charge in [-0.3, -0.25) is 4.79 Å². The molecule has 0 aliphatic carbocycles. The minimum absolute atomic E-state index is 0.0440. The Morgan fingerprint density at radius 2 is 1.91 bits per heavy atom. The molecule has 1 saturated heterocycles. The van der Waals surface area contributed by atoms with Gasteiger partial charge in [0.2, 0.25) is 5.43 Å². The topological polar surface area (TPSA) is 74.6 Å². The Hall–Kier alpha value is -3.71. The molecule has 0 amide bonds. The number of carboxylic acid groups (broad SMARTS) is 1. The number of benzene rings is 3. The summed E-state index contributed by atoms with van der Waals surface area (Å²) in [5, 5.41) is 15.0. The van der Waals surface area contributed by atoms with E-state index in [1.807, 2.05) is 54.3 Å².